The summed E-state index contributed by atoms with van der Waals surface area (Å²) < 4.78 is 7.87. The molecule has 0 N–H and O–H groups in total. The van der Waals surface area contributed by atoms with E-state index in [-0.39, 0.29) is 11.6 Å². The van der Waals surface area contributed by atoms with Gasteiger partial charge in [-0.1, -0.05) is 11.6 Å². The molecule has 0 spiro atoms. The predicted molar refractivity (Wildman–Crippen MR) is 111 cm³/mol. The molecule has 2 heterocycles. The fourth-order valence-electron chi connectivity index (χ4n) is 3.12. The molecule has 0 aliphatic heterocycles. The van der Waals surface area contributed by atoms with Gasteiger partial charge in [-0.3, -0.25) is 9.36 Å². The number of methoxy groups -OCH3 is 1. The first-order valence-electron chi connectivity index (χ1n) is 8.55. The molecule has 0 bridgehead atoms. The molecule has 0 radical (unpaired) electrons. The Kier molecular flexibility index (Phi) is 4.40. The lowest BCUT2D eigenvalue weighted by Gasteiger charge is -2.11. The highest BCUT2D eigenvalue weighted by Crippen LogP contribution is 2.38. The van der Waals surface area contributed by atoms with Gasteiger partial charge in [0.25, 0.3) is 5.56 Å². The summed E-state index contributed by atoms with van der Waals surface area (Å²) in [5, 5.41) is 1.92. The van der Waals surface area contributed by atoms with Crippen LogP contribution in [0.4, 0.5) is 0 Å². The number of ether oxygens (including phenoxy) is 1. The fraction of sp³-hybridized carbons (Fsp3) is 0.250. The predicted octanol–water partition coefficient (Wildman–Crippen LogP) is 5.22. The van der Waals surface area contributed by atoms with Gasteiger partial charge in [-0.2, -0.15) is 0 Å². The first-order valence-corrected chi connectivity index (χ1v) is 9.74. The number of halogens is 1. The van der Waals surface area contributed by atoms with Crippen LogP contribution < -0.4 is 10.3 Å². The SMILES string of the molecule is COc1cc(Cl)c2nc(-c3cc(C)cc4c(=O)n(C(C)C)cnc34)sc2c1. The van der Waals surface area contributed by atoms with Crippen molar-refractivity contribution < 1.29 is 4.74 Å². The Morgan fingerprint density at radius 2 is 1.96 bits per heavy atom. The molecule has 4 aromatic rings. The molecule has 4 rings (SSSR count). The quantitative estimate of drug-likeness (QED) is 0.473. The van der Waals surface area contributed by atoms with E-state index in [1.807, 2.05) is 39.0 Å². The molecule has 0 aliphatic rings. The summed E-state index contributed by atoms with van der Waals surface area (Å²) in [5.74, 6) is 0.690. The molecule has 2 aromatic heterocycles. The van der Waals surface area contributed by atoms with Crippen molar-refractivity contribution in [1.29, 1.82) is 0 Å². The van der Waals surface area contributed by atoms with Crippen LogP contribution in [0.15, 0.2) is 35.4 Å². The summed E-state index contributed by atoms with van der Waals surface area (Å²) in [7, 11) is 1.61. The Morgan fingerprint density at radius 3 is 2.67 bits per heavy atom. The maximum absolute atomic E-state index is 12.9. The average molecular weight is 400 g/mol. The minimum Gasteiger partial charge on any atom is -0.497 e. The van der Waals surface area contributed by atoms with Gasteiger partial charge in [0.15, 0.2) is 0 Å². The van der Waals surface area contributed by atoms with E-state index in [1.54, 1.807) is 24.1 Å². The van der Waals surface area contributed by atoms with E-state index >= 15 is 0 Å². The minimum absolute atomic E-state index is 0.0410. The van der Waals surface area contributed by atoms with Crippen LogP contribution in [0.5, 0.6) is 5.75 Å². The summed E-state index contributed by atoms with van der Waals surface area (Å²) in [6.07, 6.45) is 1.61. The number of nitrogens with zero attached hydrogens (tertiary/aromatic N) is 3. The maximum Gasteiger partial charge on any atom is 0.261 e. The summed E-state index contributed by atoms with van der Waals surface area (Å²) in [6, 6.07) is 7.61. The number of rotatable bonds is 3. The topological polar surface area (TPSA) is 57.0 Å². The van der Waals surface area contributed by atoms with E-state index in [9.17, 15) is 4.79 Å². The van der Waals surface area contributed by atoms with Crippen molar-refractivity contribution in [2.24, 2.45) is 0 Å². The summed E-state index contributed by atoms with van der Waals surface area (Å²) in [6.45, 7) is 5.90. The van der Waals surface area contributed by atoms with Crippen LogP contribution in [0.1, 0.15) is 25.5 Å². The van der Waals surface area contributed by atoms with Crippen molar-refractivity contribution in [2.75, 3.05) is 7.11 Å². The Labute approximate surface area is 165 Å². The minimum atomic E-state index is -0.0410. The highest BCUT2D eigenvalue weighted by molar-refractivity contribution is 7.21. The van der Waals surface area contributed by atoms with Gasteiger partial charge in [-0.05, 0) is 44.5 Å². The zero-order valence-corrected chi connectivity index (χ0v) is 17.0. The van der Waals surface area contributed by atoms with Crippen LogP contribution in [0.2, 0.25) is 5.02 Å². The van der Waals surface area contributed by atoms with Gasteiger partial charge in [0.1, 0.15) is 16.3 Å². The van der Waals surface area contributed by atoms with Crippen molar-refractivity contribution >= 4 is 44.1 Å². The van der Waals surface area contributed by atoms with Gasteiger partial charge < -0.3 is 4.74 Å². The van der Waals surface area contributed by atoms with Gasteiger partial charge in [0.05, 0.1) is 34.1 Å². The van der Waals surface area contributed by atoms with Crippen molar-refractivity contribution in [3.8, 4) is 16.3 Å². The lowest BCUT2D eigenvalue weighted by atomic mass is 10.1. The second kappa shape index (κ2) is 6.62. The summed E-state index contributed by atoms with van der Waals surface area (Å²) in [5.41, 5.74) is 3.17. The normalized spacial score (nSPS) is 11.6. The van der Waals surface area contributed by atoms with Crippen LogP contribution in [-0.4, -0.2) is 21.6 Å². The van der Waals surface area contributed by atoms with Gasteiger partial charge in [0.2, 0.25) is 0 Å². The second-order valence-corrected chi connectivity index (χ2v) is 8.17. The molecule has 2 aromatic carbocycles. The van der Waals surface area contributed by atoms with E-state index in [1.165, 1.54) is 11.3 Å². The Hall–Kier alpha value is -2.44. The zero-order valence-electron chi connectivity index (χ0n) is 15.4. The van der Waals surface area contributed by atoms with E-state index < -0.39 is 0 Å². The smallest absolute Gasteiger partial charge is 0.261 e. The lowest BCUT2D eigenvalue weighted by molar-refractivity contribution is 0.415. The molecular formula is C20H18ClN3O2S. The van der Waals surface area contributed by atoms with Gasteiger partial charge in [0, 0.05) is 17.7 Å². The third-order valence-corrected chi connectivity index (χ3v) is 5.80. The number of thiazole rings is 1. The maximum atomic E-state index is 12.9. The molecule has 0 aliphatic carbocycles. The van der Waals surface area contributed by atoms with Gasteiger partial charge in [-0.25, -0.2) is 9.97 Å². The van der Waals surface area contributed by atoms with Crippen LogP contribution in [0.3, 0.4) is 0 Å². The Balaban J connectivity index is 2.02. The molecule has 0 saturated carbocycles. The van der Waals surface area contributed by atoms with Crippen LogP contribution in [-0.2, 0) is 0 Å². The monoisotopic (exact) mass is 399 g/mol. The lowest BCUT2D eigenvalue weighted by Crippen LogP contribution is -2.22. The average Bonchev–Trinajstić information content (AvgIpc) is 3.06. The summed E-state index contributed by atoms with van der Waals surface area (Å²) >= 11 is 7.88. The molecule has 27 heavy (non-hydrogen) atoms. The number of hydrogen-bond donors (Lipinski definition) is 0. The molecule has 0 fully saturated rings. The largest absolute Gasteiger partial charge is 0.497 e. The molecular weight excluding hydrogens is 382 g/mol. The molecule has 0 amide bonds. The van der Waals surface area contributed by atoms with E-state index in [2.05, 4.69) is 4.98 Å². The Morgan fingerprint density at radius 1 is 1.19 bits per heavy atom. The number of fused-ring (bicyclic) bond motifs is 2. The highest BCUT2D eigenvalue weighted by Gasteiger charge is 2.17. The third kappa shape index (κ3) is 2.99. The number of aromatic nitrogens is 3. The molecule has 0 atom stereocenters. The number of hydrogen-bond acceptors (Lipinski definition) is 5. The third-order valence-electron chi connectivity index (χ3n) is 4.47. The first-order chi connectivity index (χ1) is 12.9. The van der Waals surface area contributed by atoms with E-state index in [0.717, 1.165) is 26.4 Å². The van der Waals surface area contributed by atoms with Crippen molar-refractivity contribution in [1.82, 2.24) is 14.5 Å². The zero-order chi connectivity index (χ0) is 19.3. The molecule has 0 unspecified atom stereocenters. The van der Waals surface area contributed by atoms with E-state index in [4.69, 9.17) is 21.3 Å². The number of benzene rings is 2. The van der Waals surface area contributed by atoms with Crippen LogP contribution >= 0.6 is 22.9 Å². The van der Waals surface area contributed by atoms with E-state index in [0.29, 0.717) is 21.7 Å². The molecule has 138 valence electrons. The molecule has 5 nitrogen and oxygen atoms in total. The number of aryl methyl sites for hydroxylation is 1. The molecule has 7 heteroatoms. The fourth-order valence-corrected chi connectivity index (χ4v) is 4.47. The van der Waals surface area contributed by atoms with Crippen molar-refractivity contribution in [3.63, 3.8) is 0 Å². The van der Waals surface area contributed by atoms with Crippen LogP contribution in [0.25, 0.3) is 31.7 Å². The van der Waals surface area contributed by atoms with Gasteiger partial charge in [-0.15, -0.1) is 11.3 Å². The molecule has 0 saturated heterocycles. The first kappa shape index (κ1) is 17.9. The van der Waals surface area contributed by atoms with Gasteiger partial charge >= 0.3 is 0 Å². The standard InChI is InChI=1S/C20H18ClN3O2S/c1-10(2)24-9-22-17-13(5-11(3)6-14(17)20(24)25)19-23-18-15(21)7-12(26-4)8-16(18)27-19/h5-10H,1-4H3. The second-order valence-electron chi connectivity index (χ2n) is 6.73. The Bertz CT molecular complexity index is 1240. The van der Waals surface area contributed by atoms with Crippen molar-refractivity contribution in [2.45, 2.75) is 26.8 Å². The van der Waals surface area contributed by atoms with Crippen LogP contribution in [0, 0.1) is 6.92 Å². The summed E-state index contributed by atoms with van der Waals surface area (Å²) in [4.78, 5) is 22.2. The highest BCUT2D eigenvalue weighted by atomic mass is 35.5. The van der Waals surface area contributed by atoms with Crippen molar-refractivity contribution in [3.05, 3.63) is 51.5 Å².